The zero-order chi connectivity index (χ0) is 12.9. The average Bonchev–Trinajstić information content (AvgIpc) is 2.27. The van der Waals surface area contributed by atoms with Gasteiger partial charge in [-0.25, -0.2) is 0 Å². The number of oxime groups is 1. The van der Waals surface area contributed by atoms with Crippen molar-refractivity contribution in [2.75, 3.05) is 40.3 Å². The lowest BCUT2D eigenvalue weighted by atomic mass is 10.3. The molecule has 3 N–H and O–H groups in total. The predicted octanol–water partition coefficient (Wildman–Crippen LogP) is -0.116. The van der Waals surface area contributed by atoms with Crippen LogP contribution in [0.2, 0.25) is 0 Å². The second kappa shape index (κ2) is 11.3. The maximum Gasteiger partial charge on any atom is 0.265 e. The van der Waals surface area contributed by atoms with E-state index in [-0.39, 0.29) is 5.91 Å². The molecule has 0 heterocycles. The molecule has 0 rings (SSSR count). The van der Waals surface area contributed by atoms with Gasteiger partial charge >= 0.3 is 0 Å². The van der Waals surface area contributed by atoms with Crippen molar-refractivity contribution in [3.63, 3.8) is 0 Å². The van der Waals surface area contributed by atoms with Crippen LogP contribution in [0.3, 0.4) is 0 Å². The normalized spacial score (nSPS) is 11.2. The van der Waals surface area contributed by atoms with Crippen molar-refractivity contribution in [2.24, 2.45) is 5.16 Å². The second-order valence-corrected chi connectivity index (χ2v) is 4.15. The molecule has 0 radical (unpaired) electrons. The van der Waals surface area contributed by atoms with E-state index in [1.807, 2.05) is 0 Å². The van der Waals surface area contributed by atoms with Crippen molar-refractivity contribution in [2.45, 2.75) is 19.3 Å². The Balaban J connectivity index is 3.11. The molecular formula is C11H24N4O2. The first-order chi connectivity index (χ1) is 8.16. The van der Waals surface area contributed by atoms with E-state index in [1.54, 1.807) is 0 Å². The Morgan fingerprint density at radius 1 is 1.24 bits per heavy atom. The van der Waals surface area contributed by atoms with Crippen LogP contribution in [0.25, 0.3) is 0 Å². The number of carbonyl (C=O) groups is 1. The largest absolute Gasteiger partial charge is 0.411 e. The summed E-state index contributed by atoms with van der Waals surface area (Å²) in [4.78, 5) is 13.0. The average molecular weight is 244 g/mol. The first kappa shape index (κ1) is 15.9. The molecule has 0 atom stereocenters. The standard InChI is InChI=1S/C11H24N4O2/c1-15(2)9-4-3-6-12-7-5-8-13-11(16)10-14-17/h10,12,17H,3-9H2,1-2H3,(H,13,16)/b14-10-. The van der Waals surface area contributed by atoms with Gasteiger partial charge in [0.2, 0.25) is 0 Å². The van der Waals surface area contributed by atoms with Crippen molar-refractivity contribution in [1.29, 1.82) is 0 Å². The lowest BCUT2D eigenvalue weighted by Gasteiger charge is -2.09. The number of unbranched alkanes of at least 4 members (excludes halogenated alkanes) is 1. The number of amides is 1. The van der Waals surface area contributed by atoms with E-state index in [0.717, 1.165) is 32.3 Å². The summed E-state index contributed by atoms with van der Waals surface area (Å²) in [5.74, 6) is -0.363. The molecule has 6 nitrogen and oxygen atoms in total. The zero-order valence-electron chi connectivity index (χ0n) is 10.8. The molecule has 0 aromatic heterocycles. The Kier molecular flexibility index (Phi) is 10.6. The highest BCUT2D eigenvalue weighted by atomic mass is 16.4. The third kappa shape index (κ3) is 12.8. The molecule has 0 spiro atoms. The van der Waals surface area contributed by atoms with Gasteiger partial charge in [-0.3, -0.25) is 4.79 Å². The molecule has 17 heavy (non-hydrogen) atoms. The summed E-state index contributed by atoms with van der Waals surface area (Å²) in [5, 5.41) is 16.7. The third-order valence-corrected chi connectivity index (χ3v) is 2.21. The van der Waals surface area contributed by atoms with Crippen LogP contribution in [0.5, 0.6) is 0 Å². The van der Waals surface area contributed by atoms with Crippen molar-refractivity contribution >= 4 is 12.1 Å². The predicted molar refractivity (Wildman–Crippen MR) is 68.6 cm³/mol. The molecule has 0 aliphatic heterocycles. The molecule has 6 heteroatoms. The molecule has 0 saturated carbocycles. The lowest BCUT2D eigenvalue weighted by Crippen LogP contribution is -2.28. The maximum absolute atomic E-state index is 10.8. The number of hydrogen-bond acceptors (Lipinski definition) is 5. The van der Waals surface area contributed by atoms with E-state index in [0.29, 0.717) is 6.54 Å². The monoisotopic (exact) mass is 244 g/mol. The molecule has 0 aromatic carbocycles. The van der Waals surface area contributed by atoms with Gasteiger partial charge in [0.25, 0.3) is 5.91 Å². The molecule has 0 unspecified atom stereocenters. The summed E-state index contributed by atoms with van der Waals surface area (Å²) in [7, 11) is 4.15. The van der Waals surface area contributed by atoms with E-state index in [1.165, 1.54) is 12.8 Å². The van der Waals surface area contributed by atoms with Gasteiger partial charge in [0.1, 0.15) is 6.21 Å². The fraction of sp³-hybridized carbons (Fsp3) is 0.818. The number of hydrogen-bond donors (Lipinski definition) is 3. The van der Waals surface area contributed by atoms with Gasteiger partial charge in [-0.05, 0) is 53.0 Å². The highest BCUT2D eigenvalue weighted by molar-refractivity contribution is 6.25. The number of nitrogens with zero attached hydrogens (tertiary/aromatic N) is 2. The Morgan fingerprint density at radius 3 is 2.59 bits per heavy atom. The van der Waals surface area contributed by atoms with Gasteiger partial charge in [0.05, 0.1) is 0 Å². The van der Waals surface area contributed by atoms with Crippen LogP contribution in [0.15, 0.2) is 5.16 Å². The Hall–Kier alpha value is -1.14. The van der Waals surface area contributed by atoms with Crippen LogP contribution in [0.4, 0.5) is 0 Å². The van der Waals surface area contributed by atoms with Gasteiger partial charge < -0.3 is 20.7 Å². The van der Waals surface area contributed by atoms with Crippen molar-refractivity contribution in [3.05, 3.63) is 0 Å². The molecule has 0 bridgehead atoms. The summed E-state index contributed by atoms with van der Waals surface area (Å²) in [6.45, 7) is 3.62. The molecule has 0 fully saturated rings. The maximum atomic E-state index is 10.8. The topological polar surface area (TPSA) is 77.0 Å². The third-order valence-electron chi connectivity index (χ3n) is 2.21. The van der Waals surface area contributed by atoms with Gasteiger partial charge in [-0.2, -0.15) is 0 Å². The minimum atomic E-state index is -0.363. The molecule has 1 amide bonds. The number of rotatable bonds is 10. The fourth-order valence-corrected chi connectivity index (χ4v) is 1.33. The summed E-state index contributed by atoms with van der Waals surface area (Å²) in [6.07, 6.45) is 4.10. The SMILES string of the molecule is CN(C)CCCCNCCCNC(=O)/C=N\O. The van der Waals surface area contributed by atoms with E-state index >= 15 is 0 Å². The van der Waals surface area contributed by atoms with Crippen LogP contribution >= 0.6 is 0 Å². The van der Waals surface area contributed by atoms with Crippen molar-refractivity contribution in [3.8, 4) is 0 Å². The van der Waals surface area contributed by atoms with E-state index in [2.05, 4.69) is 34.8 Å². The van der Waals surface area contributed by atoms with Gasteiger partial charge in [0, 0.05) is 6.54 Å². The lowest BCUT2D eigenvalue weighted by molar-refractivity contribution is -0.114. The van der Waals surface area contributed by atoms with E-state index < -0.39 is 0 Å². The van der Waals surface area contributed by atoms with Gasteiger partial charge in [0.15, 0.2) is 0 Å². The first-order valence-corrected chi connectivity index (χ1v) is 5.97. The quantitative estimate of drug-likeness (QED) is 0.217. The van der Waals surface area contributed by atoms with Crippen LogP contribution in [0, 0.1) is 0 Å². The van der Waals surface area contributed by atoms with Crippen LogP contribution in [0.1, 0.15) is 19.3 Å². The minimum Gasteiger partial charge on any atom is -0.411 e. The number of nitrogens with one attached hydrogen (secondary N) is 2. The summed E-state index contributed by atoms with van der Waals surface area (Å²) < 4.78 is 0. The molecule has 0 aliphatic rings. The van der Waals surface area contributed by atoms with Crippen LogP contribution < -0.4 is 10.6 Å². The second-order valence-electron chi connectivity index (χ2n) is 4.15. The Labute approximate surface area is 103 Å². The molecule has 0 aliphatic carbocycles. The summed E-state index contributed by atoms with van der Waals surface area (Å²) in [6, 6.07) is 0. The molecule has 100 valence electrons. The smallest absolute Gasteiger partial charge is 0.265 e. The molecular weight excluding hydrogens is 220 g/mol. The van der Waals surface area contributed by atoms with Crippen molar-refractivity contribution < 1.29 is 10.0 Å². The van der Waals surface area contributed by atoms with E-state index in [4.69, 9.17) is 5.21 Å². The fourth-order valence-electron chi connectivity index (χ4n) is 1.33. The first-order valence-electron chi connectivity index (χ1n) is 5.97. The zero-order valence-corrected chi connectivity index (χ0v) is 10.8. The highest BCUT2D eigenvalue weighted by Crippen LogP contribution is 1.88. The Bertz CT molecular complexity index is 220. The number of carbonyl (C=O) groups excluding carboxylic acids is 1. The molecule has 0 saturated heterocycles. The van der Waals surface area contributed by atoms with Gasteiger partial charge in [-0.1, -0.05) is 5.16 Å². The highest BCUT2D eigenvalue weighted by Gasteiger charge is 1.95. The van der Waals surface area contributed by atoms with E-state index in [9.17, 15) is 4.79 Å². The Morgan fingerprint density at radius 2 is 1.94 bits per heavy atom. The van der Waals surface area contributed by atoms with Gasteiger partial charge in [-0.15, -0.1) is 0 Å². The van der Waals surface area contributed by atoms with Crippen LogP contribution in [-0.4, -0.2) is 62.5 Å². The van der Waals surface area contributed by atoms with Crippen LogP contribution in [-0.2, 0) is 4.79 Å². The molecule has 0 aromatic rings. The summed E-state index contributed by atoms with van der Waals surface area (Å²) >= 11 is 0. The minimum absolute atomic E-state index is 0.363. The summed E-state index contributed by atoms with van der Waals surface area (Å²) in [5.41, 5.74) is 0. The van der Waals surface area contributed by atoms with Crippen molar-refractivity contribution in [1.82, 2.24) is 15.5 Å².